The SMILES string of the molecule is COc1cc(/C=C/c2nc(C#N)c(NC3CCCCC3)o2)cc(OC)c1OC. The fourth-order valence-corrected chi connectivity index (χ4v) is 3.38. The highest BCUT2D eigenvalue weighted by Crippen LogP contribution is 2.38. The van der Waals surface area contributed by atoms with Gasteiger partial charge in [-0.2, -0.15) is 10.2 Å². The second-order valence-corrected chi connectivity index (χ2v) is 6.61. The molecule has 3 rings (SSSR count). The summed E-state index contributed by atoms with van der Waals surface area (Å²) in [6.07, 6.45) is 9.37. The number of anilines is 1. The maximum absolute atomic E-state index is 9.36. The van der Waals surface area contributed by atoms with E-state index in [4.69, 9.17) is 18.6 Å². The van der Waals surface area contributed by atoms with Crippen molar-refractivity contribution in [1.82, 2.24) is 4.98 Å². The summed E-state index contributed by atoms with van der Waals surface area (Å²) in [6, 6.07) is 6.08. The Kier molecular flexibility index (Phi) is 6.43. The zero-order chi connectivity index (χ0) is 19.9. The van der Waals surface area contributed by atoms with Crippen LogP contribution in [0.25, 0.3) is 12.2 Å². The van der Waals surface area contributed by atoms with Gasteiger partial charge < -0.3 is 23.9 Å². The number of hydrogen-bond donors (Lipinski definition) is 1. The molecular weight excluding hydrogens is 358 g/mol. The third-order valence-corrected chi connectivity index (χ3v) is 4.80. The van der Waals surface area contributed by atoms with Crippen molar-refractivity contribution in [2.45, 2.75) is 38.1 Å². The molecule has 0 amide bonds. The van der Waals surface area contributed by atoms with Crippen LogP contribution >= 0.6 is 0 Å². The molecule has 1 aromatic carbocycles. The third kappa shape index (κ3) is 4.39. The highest BCUT2D eigenvalue weighted by Gasteiger charge is 2.18. The Bertz CT molecular complexity index is 851. The summed E-state index contributed by atoms with van der Waals surface area (Å²) >= 11 is 0. The van der Waals surface area contributed by atoms with Crippen LogP contribution in [0.5, 0.6) is 17.2 Å². The van der Waals surface area contributed by atoms with Gasteiger partial charge >= 0.3 is 0 Å². The number of nitriles is 1. The molecule has 1 aliphatic rings. The molecule has 0 atom stereocenters. The standard InChI is InChI=1S/C21H25N3O4/c1-25-17-11-14(12-18(26-2)20(17)27-3)9-10-19-24-16(13-22)21(28-19)23-15-7-5-4-6-8-15/h9-12,15,23H,4-8H2,1-3H3/b10-9+. The lowest BCUT2D eigenvalue weighted by atomic mass is 9.95. The van der Waals surface area contributed by atoms with E-state index in [2.05, 4.69) is 16.4 Å². The summed E-state index contributed by atoms with van der Waals surface area (Å²) in [7, 11) is 4.70. The molecule has 0 spiro atoms. The Labute approximate surface area is 164 Å². The van der Waals surface area contributed by atoms with Gasteiger partial charge in [0.1, 0.15) is 6.07 Å². The van der Waals surface area contributed by atoms with E-state index >= 15 is 0 Å². The Morgan fingerprint density at radius 1 is 1.07 bits per heavy atom. The first-order valence-electron chi connectivity index (χ1n) is 9.34. The van der Waals surface area contributed by atoms with Crippen LogP contribution in [0.1, 0.15) is 49.3 Å². The van der Waals surface area contributed by atoms with Crippen LogP contribution in [0.2, 0.25) is 0 Å². The molecule has 1 heterocycles. The molecular formula is C21H25N3O4. The van der Waals surface area contributed by atoms with Gasteiger partial charge in [-0.3, -0.25) is 0 Å². The molecule has 7 heteroatoms. The smallest absolute Gasteiger partial charge is 0.232 e. The summed E-state index contributed by atoms with van der Waals surface area (Å²) in [5, 5.41) is 12.7. The van der Waals surface area contributed by atoms with Crippen molar-refractivity contribution in [2.24, 2.45) is 0 Å². The average Bonchev–Trinajstić information content (AvgIpc) is 3.13. The largest absolute Gasteiger partial charge is 0.493 e. The fourth-order valence-electron chi connectivity index (χ4n) is 3.38. The maximum atomic E-state index is 9.36. The molecule has 7 nitrogen and oxygen atoms in total. The minimum Gasteiger partial charge on any atom is -0.493 e. The van der Waals surface area contributed by atoms with E-state index in [1.165, 1.54) is 19.3 Å². The number of methoxy groups -OCH3 is 3. The third-order valence-electron chi connectivity index (χ3n) is 4.80. The highest BCUT2D eigenvalue weighted by molar-refractivity contribution is 5.71. The predicted octanol–water partition coefficient (Wildman–Crippen LogP) is 4.49. The average molecular weight is 383 g/mol. The second kappa shape index (κ2) is 9.18. The number of aromatic nitrogens is 1. The van der Waals surface area contributed by atoms with E-state index in [9.17, 15) is 5.26 Å². The predicted molar refractivity (Wildman–Crippen MR) is 107 cm³/mol. The molecule has 1 fully saturated rings. The van der Waals surface area contributed by atoms with Crippen molar-refractivity contribution in [3.05, 3.63) is 29.3 Å². The fraction of sp³-hybridized carbons (Fsp3) is 0.429. The number of oxazole rings is 1. The van der Waals surface area contributed by atoms with Crippen molar-refractivity contribution in [3.8, 4) is 23.3 Å². The lowest BCUT2D eigenvalue weighted by Gasteiger charge is -2.22. The van der Waals surface area contributed by atoms with E-state index in [1.54, 1.807) is 27.4 Å². The summed E-state index contributed by atoms with van der Waals surface area (Å²) < 4.78 is 21.8. The number of nitrogens with one attached hydrogen (secondary N) is 1. The van der Waals surface area contributed by atoms with Gasteiger partial charge in [0.15, 0.2) is 11.5 Å². The van der Waals surface area contributed by atoms with Crippen molar-refractivity contribution in [3.63, 3.8) is 0 Å². The molecule has 1 aromatic heterocycles. The Morgan fingerprint density at radius 3 is 2.32 bits per heavy atom. The van der Waals surface area contributed by atoms with Crippen molar-refractivity contribution in [2.75, 3.05) is 26.6 Å². The van der Waals surface area contributed by atoms with Crippen LogP contribution < -0.4 is 19.5 Å². The van der Waals surface area contributed by atoms with Gasteiger partial charge in [0, 0.05) is 12.1 Å². The maximum Gasteiger partial charge on any atom is 0.232 e. The lowest BCUT2D eigenvalue weighted by Crippen LogP contribution is -2.22. The Morgan fingerprint density at radius 2 is 1.75 bits per heavy atom. The zero-order valence-corrected chi connectivity index (χ0v) is 16.4. The molecule has 1 N–H and O–H groups in total. The van der Waals surface area contributed by atoms with Crippen LogP contribution in [0.4, 0.5) is 5.88 Å². The van der Waals surface area contributed by atoms with Gasteiger partial charge in [-0.25, -0.2) is 0 Å². The van der Waals surface area contributed by atoms with E-state index < -0.39 is 0 Å². The first kappa shape index (κ1) is 19.6. The van der Waals surface area contributed by atoms with Gasteiger partial charge in [-0.1, -0.05) is 19.3 Å². The quantitative estimate of drug-likeness (QED) is 0.753. The Balaban J connectivity index is 1.81. The van der Waals surface area contributed by atoms with Gasteiger partial charge in [0.05, 0.1) is 21.3 Å². The van der Waals surface area contributed by atoms with E-state index in [0.29, 0.717) is 35.1 Å². The summed E-state index contributed by atoms with van der Waals surface area (Å²) in [5.41, 5.74) is 1.10. The summed E-state index contributed by atoms with van der Waals surface area (Å²) in [6.45, 7) is 0. The first-order chi connectivity index (χ1) is 13.7. The molecule has 0 saturated heterocycles. The van der Waals surface area contributed by atoms with Crippen LogP contribution in [0, 0.1) is 11.3 Å². The minimum atomic E-state index is 0.273. The molecule has 2 aromatic rings. The second-order valence-electron chi connectivity index (χ2n) is 6.61. The van der Waals surface area contributed by atoms with Gasteiger partial charge in [0.25, 0.3) is 0 Å². The number of nitrogens with zero attached hydrogens (tertiary/aromatic N) is 2. The number of ether oxygens (including phenoxy) is 3. The van der Waals surface area contributed by atoms with Crippen molar-refractivity contribution >= 4 is 18.0 Å². The normalized spacial score (nSPS) is 14.6. The van der Waals surface area contributed by atoms with E-state index in [0.717, 1.165) is 18.4 Å². The van der Waals surface area contributed by atoms with Crippen molar-refractivity contribution in [1.29, 1.82) is 5.26 Å². The van der Waals surface area contributed by atoms with Crippen molar-refractivity contribution < 1.29 is 18.6 Å². The molecule has 0 aliphatic heterocycles. The van der Waals surface area contributed by atoms with Crippen LogP contribution in [0.15, 0.2) is 16.5 Å². The number of rotatable bonds is 7. The molecule has 1 aliphatic carbocycles. The monoisotopic (exact) mass is 383 g/mol. The number of hydrogen-bond acceptors (Lipinski definition) is 7. The lowest BCUT2D eigenvalue weighted by molar-refractivity contribution is 0.324. The topological polar surface area (TPSA) is 89.5 Å². The highest BCUT2D eigenvalue weighted by atomic mass is 16.5. The Hall–Kier alpha value is -3.14. The van der Waals surface area contributed by atoms with Gasteiger partial charge in [-0.05, 0) is 36.6 Å². The van der Waals surface area contributed by atoms with E-state index in [1.807, 2.05) is 18.2 Å². The van der Waals surface area contributed by atoms with Crippen LogP contribution in [-0.4, -0.2) is 32.4 Å². The molecule has 0 radical (unpaired) electrons. The number of benzene rings is 1. The first-order valence-corrected chi connectivity index (χ1v) is 9.34. The molecule has 148 valence electrons. The van der Waals surface area contributed by atoms with Crippen LogP contribution in [0.3, 0.4) is 0 Å². The molecule has 0 bridgehead atoms. The van der Waals surface area contributed by atoms with E-state index in [-0.39, 0.29) is 5.69 Å². The summed E-state index contributed by atoms with van der Waals surface area (Å²) in [4.78, 5) is 4.26. The zero-order valence-electron chi connectivity index (χ0n) is 16.4. The molecule has 1 saturated carbocycles. The molecule has 28 heavy (non-hydrogen) atoms. The molecule has 0 unspecified atom stereocenters. The van der Waals surface area contributed by atoms with Gasteiger partial charge in [0.2, 0.25) is 23.2 Å². The van der Waals surface area contributed by atoms with Gasteiger partial charge in [-0.15, -0.1) is 0 Å². The summed E-state index contributed by atoms with van der Waals surface area (Å²) in [5.74, 6) is 2.46. The minimum absolute atomic E-state index is 0.273. The van der Waals surface area contributed by atoms with Crippen LogP contribution in [-0.2, 0) is 0 Å².